The van der Waals surface area contributed by atoms with Gasteiger partial charge in [0.25, 0.3) is 0 Å². The number of amides is 1. The Kier molecular flexibility index (Phi) is 5.23. The number of likely N-dealkylation sites (N-methyl/N-ethyl adjacent to an activating group) is 1. The Hall–Kier alpha value is -2.54. The van der Waals surface area contributed by atoms with Gasteiger partial charge in [0.05, 0.1) is 19.6 Å². The lowest BCUT2D eigenvalue weighted by Gasteiger charge is -2.31. The summed E-state index contributed by atoms with van der Waals surface area (Å²) in [5.41, 5.74) is 0. The van der Waals surface area contributed by atoms with Crippen molar-refractivity contribution >= 4 is 5.91 Å². The average Bonchev–Trinajstić information content (AvgIpc) is 2.98. The van der Waals surface area contributed by atoms with Crippen molar-refractivity contribution in [3.8, 4) is 11.5 Å². The standard InChI is InChI=1S/C18H24N4O3/c1-20(2)12-18(23)22(11-17-19-8-9-21(17)3)10-14-13-24-15-6-4-5-7-16(15)25-14/h4-9,14H,10-13H2,1-3H3. The zero-order valence-electron chi connectivity index (χ0n) is 14.9. The first-order chi connectivity index (χ1) is 12.0. The minimum Gasteiger partial charge on any atom is -0.486 e. The highest BCUT2D eigenvalue weighted by Gasteiger charge is 2.26. The molecule has 2 aromatic rings. The minimum absolute atomic E-state index is 0.0375. The fourth-order valence-electron chi connectivity index (χ4n) is 2.74. The molecule has 7 nitrogen and oxygen atoms in total. The van der Waals surface area contributed by atoms with Gasteiger partial charge in [0.1, 0.15) is 12.4 Å². The van der Waals surface area contributed by atoms with E-state index in [4.69, 9.17) is 9.47 Å². The molecule has 1 aromatic heterocycles. The molecule has 0 N–H and O–H groups in total. The van der Waals surface area contributed by atoms with Crippen molar-refractivity contribution < 1.29 is 14.3 Å². The van der Waals surface area contributed by atoms with Gasteiger partial charge in [-0.3, -0.25) is 4.79 Å². The largest absolute Gasteiger partial charge is 0.486 e. The summed E-state index contributed by atoms with van der Waals surface area (Å²) in [6.45, 7) is 1.66. The maximum atomic E-state index is 12.7. The summed E-state index contributed by atoms with van der Waals surface area (Å²) in [5, 5.41) is 0. The molecular formula is C18H24N4O3. The van der Waals surface area contributed by atoms with Crippen LogP contribution in [-0.4, -0.2) is 65.2 Å². The van der Waals surface area contributed by atoms with Crippen molar-refractivity contribution in [1.82, 2.24) is 19.4 Å². The van der Waals surface area contributed by atoms with Gasteiger partial charge in [0.2, 0.25) is 5.91 Å². The number of nitrogens with zero attached hydrogens (tertiary/aromatic N) is 4. The zero-order chi connectivity index (χ0) is 17.8. The van der Waals surface area contributed by atoms with Crippen molar-refractivity contribution in [2.75, 3.05) is 33.8 Å². The lowest BCUT2D eigenvalue weighted by molar-refractivity contribution is -0.134. The highest BCUT2D eigenvalue weighted by atomic mass is 16.6. The maximum Gasteiger partial charge on any atom is 0.237 e. The number of carbonyl (C=O) groups excluding carboxylic acids is 1. The zero-order valence-corrected chi connectivity index (χ0v) is 14.9. The predicted molar refractivity (Wildman–Crippen MR) is 93.5 cm³/mol. The van der Waals surface area contributed by atoms with Crippen molar-refractivity contribution in [3.63, 3.8) is 0 Å². The molecule has 25 heavy (non-hydrogen) atoms. The number of aryl methyl sites for hydroxylation is 1. The molecule has 3 rings (SSSR count). The minimum atomic E-state index is -0.207. The van der Waals surface area contributed by atoms with Crippen LogP contribution in [0, 0.1) is 0 Å². The van der Waals surface area contributed by atoms with Crippen molar-refractivity contribution in [1.29, 1.82) is 0 Å². The van der Waals surface area contributed by atoms with E-state index in [1.807, 2.05) is 61.1 Å². The molecule has 1 aliphatic heterocycles. The van der Waals surface area contributed by atoms with Gasteiger partial charge in [-0.05, 0) is 26.2 Å². The van der Waals surface area contributed by atoms with Crippen LogP contribution in [0.4, 0.5) is 0 Å². The molecule has 1 aromatic carbocycles. The van der Waals surface area contributed by atoms with Gasteiger partial charge in [-0.2, -0.15) is 0 Å². The third kappa shape index (κ3) is 4.30. The molecule has 1 amide bonds. The predicted octanol–water partition coefficient (Wildman–Crippen LogP) is 1.15. The van der Waals surface area contributed by atoms with Crippen LogP contribution in [0.15, 0.2) is 36.7 Å². The van der Waals surface area contributed by atoms with Crippen LogP contribution < -0.4 is 9.47 Å². The van der Waals surface area contributed by atoms with Crippen LogP contribution in [0.2, 0.25) is 0 Å². The average molecular weight is 344 g/mol. The first-order valence-electron chi connectivity index (χ1n) is 8.30. The Labute approximate surface area is 147 Å². The number of hydrogen-bond acceptors (Lipinski definition) is 5. The number of benzene rings is 1. The third-order valence-corrected chi connectivity index (χ3v) is 4.05. The van der Waals surface area contributed by atoms with E-state index in [0.717, 1.165) is 17.3 Å². The van der Waals surface area contributed by atoms with E-state index >= 15 is 0 Å². The molecule has 1 unspecified atom stereocenters. The molecule has 0 radical (unpaired) electrons. The van der Waals surface area contributed by atoms with Crippen LogP contribution in [0.5, 0.6) is 11.5 Å². The Bertz CT molecular complexity index is 729. The van der Waals surface area contributed by atoms with Crippen molar-refractivity contribution in [2.45, 2.75) is 12.6 Å². The number of rotatable bonds is 6. The number of aromatic nitrogens is 2. The van der Waals surface area contributed by atoms with Gasteiger partial charge >= 0.3 is 0 Å². The molecule has 134 valence electrons. The summed E-state index contributed by atoms with van der Waals surface area (Å²) in [4.78, 5) is 20.6. The fraction of sp³-hybridized carbons (Fsp3) is 0.444. The van der Waals surface area contributed by atoms with E-state index in [2.05, 4.69) is 4.98 Å². The van der Waals surface area contributed by atoms with E-state index in [1.54, 1.807) is 11.1 Å². The Morgan fingerprint density at radius 2 is 2.08 bits per heavy atom. The van der Waals surface area contributed by atoms with E-state index in [-0.39, 0.29) is 12.0 Å². The molecular weight excluding hydrogens is 320 g/mol. The van der Waals surface area contributed by atoms with Crippen LogP contribution in [-0.2, 0) is 18.4 Å². The van der Waals surface area contributed by atoms with Gasteiger partial charge in [0, 0.05) is 19.4 Å². The second-order valence-corrected chi connectivity index (χ2v) is 6.46. The van der Waals surface area contributed by atoms with E-state index in [1.165, 1.54) is 0 Å². The number of carbonyl (C=O) groups is 1. The molecule has 0 saturated carbocycles. The monoisotopic (exact) mass is 344 g/mol. The van der Waals surface area contributed by atoms with E-state index < -0.39 is 0 Å². The summed E-state index contributed by atoms with van der Waals surface area (Å²) in [6, 6.07) is 7.59. The molecule has 0 saturated heterocycles. The number of fused-ring (bicyclic) bond motifs is 1. The molecule has 0 fully saturated rings. The second kappa shape index (κ2) is 7.57. The normalized spacial score (nSPS) is 16.1. The summed E-state index contributed by atoms with van der Waals surface area (Å²) in [7, 11) is 5.69. The highest BCUT2D eigenvalue weighted by Crippen LogP contribution is 2.31. The lowest BCUT2D eigenvalue weighted by Crippen LogP contribution is -2.46. The summed E-state index contributed by atoms with van der Waals surface area (Å²) < 4.78 is 13.7. The third-order valence-electron chi connectivity index (χ3n) is 4.05. The van der Waals surface area contributed by atoms with Crippen LogP contribution in [0.1, 0.15) is 5.82 Å². The van der Waals surface area contributed by atoms with Gasteiger partial charge in [0.15, 0.2) is 17.6 Å². The van der Waals surface area contributed by atoms with Crippen LogP contribution >= 0.6 is 0 Å². The number of ether oxygens (including phenoxy) is 2. The Balaban J connectivity index is 1.71. The molecule has 7 heteroatoms. The van der Waals surface area contributed by atoms with Crippen LogP contribution in [0.25, 0.3) is 0 Å². The Morgan fingerprint density at radius 1 is 1.32 bits per heavy atom. The van der Waals surface area contributed by atoms with Gasteiger partial charge in [-0.15, -0.1) is 0 Å². The van der Waals surface area contributed by atoms with Gasteiger partial charge in [-0.1, -0.05) is 12.1 Å². The second-order valence-electron chi connectivity index (χ2n) is 6.46. The quantitative estimate of drug-likeness (QED) is 0.787. The molecule has 0 spiro atoms. The number of para-hydroxylation sites is 2. The molecule has 0 bridgehead atoms. The summed E-state index contributed by atoms with van der Waals surface area (Å²) >= 11 is 0. The smallest absolute Gasteiger partial charge is 0.237 e. The Morgan fingerprint density at radius 3 is 2.76 bits per heavy atom. The van der Waals surface area contributed by atoms with Crippen LogP contribution in [0.3, 0.4) is 0 Å². The summed E-state index contributed by atoms with van der Waals surface area (Å²) in [5.74, 6) is 2.34. The lowest BCUT2D eigenvalue weighted by atomic mass is 10.2. The van der Waals surface area contributed by atoms with E-state index in [9.17, 15) is 4.79 Å². The van der Waals surface area contributed by atoms with E-state index in [0.29, 0.717) is 26.2 Å². The molecule has 0 aliphatic carbocycles. The fourth-order valence-corrected chi connectivity index (χ4v) is 2.74. The van der Waals surface area contributed by atoms with Crippen molar-refractivity contribution in [3.05, 3.63) is 42.5 Å². The molecule has 2 heterocycles. The molecule has 1 atom stereocenters. The first kappa shape index (κ1) is 17.3. The van der Waals surface area contributed by atoms with Crippen molar-refractivity contribution in [2.24, 2.45) is 7.05 Å². The van der Waals surface area contributed by atoms with Gasteiger partial charge in [-0.25, -0.2) is 4.98 Å². The maximum absolute atomic E-state index is 12.7. The summed E-state index contributed by atoms with van der Waals surface area (Å²) in [6.07, 6.45) is 3.40. The topological polar surface area (TPSA) is 59.8 Å². The SMILES string of the molecule is CN(C)CC(=O)N(Cc1nccn1C)CC1COc2ccccc2O1. The molecule has 1 aliphatic rings. The number of imidazole rings is 1. The van der Waals surface area contributed by atoms with Gasteiger partial charge < -0.3 is 23.8 Å². The highest BCUT2D eigenvalue weighted by molar-refractivity contribution is 5.78. The first-order valence-corrected chi connectivity index (χ1v) is 8.30. The number of hydrogen-bond donors (Lipinski definition) is 0.